The van der Waals surface area contributed by atoms with E-state index in [2.05, 4.69) is 10.6 Å². The molecule has 24 heavy (non-hydrogen) atoms. The molecule has 0 heterocycles. The average Bonchev–Trinajstić information content (AvgIpc) is 2.51. The Labute approximate surface area is 142 Å². The Morgan fingerprint density at radius 2 is 1.54 bits per heavy atom. The molecule has 0 fully saturated rings. The van der Waals surface area contributed by atoms with E-state index in [-0.39, 0.29) is 25.0 Å². The number of rotatable bonds is 6. The minimum absolute atomic E-state index is 0.172. The van der Waals surface area contributed by atoms with Crippen molar-refractivity contribution in [3.8, 4) is 0 Å². The molecule has 0 spiro atoms. The summed E-state index contributed by atoms with van der Waals surface area (Å²) in [5.41, 5.74) is 4.57. The predicted octanol–water partition coefficient (Wildman–Crippen LogP) is 3.21. The van der Waals surface area contributed by atoms with Gasteiger partial charge in [-0.05, 0) is 55.7 Å². The third-order valence-corrected chi connectivity index (χ3v) is 3.44. The maximum absolute atomic E-state index is 11.9. The molecule has 5 heteroatoms. The van der Waals surface area contributed by atoms with Crippen LogP contribution in [-0.4, -0.2) is 25.0 Å². The van der Waals surface area contributed by atoms with Gasteiger partial charge in [0, 0.05) is 11.4 Å². The number of hydrogen-bond donors (Lipinski definition) is 2. The van der Waals surface area contributed by atoms with Crippen molar-refractivity contribution in [1.29, 1.82) is 0 Å². The highest BCUT2D eigenvalue weighted by molar-refractivity contribution is 5.94. The number of hydrogen-bond acceptors (Lipinski definition) is 3. The van der Waals surface area contributed by atoms with Crippen molar-refractivity contribution >= 4 is 23.2 Å². The molecule has 2 aromatic rings. The van der Waals surface area contributed by atoms with Gasteiger partial charge in [-0.1, -0.05) is 24.3 Å². The normalized spacial score (nSPS) is 10.3. The number of anilines is 2. The first-order chi connectivity index (χ1) is 11.4. The molecular formula is C19H22N2O3. The fourth-order valence-electron chi connectivity index (χ4n) is 2.21. The van der Waals surface area contributed by atoms with E-state index < -0.39 is 0 Å². The van der Waals surface area contributed by atoms with Gasteiger partial charge in [-0.15, -0.1) is 0 Å². The van der Waals surface area contributed by atoms with Crippen LogP contribution in [0.3, 0.4) is 0 Å². The second-order valence-electron chi connectivity index (χ2n) is 5.78. The quantitative estimate of drug-likeness (QED) is 0.856. The summed E-state index contributed by atoms with van der Waals surface area (Å²) in [4.78, 5) is 23.7. The number of carbonyl (C=O) groups excluding carboxylic acids is 2. The van der Waals surface area contributed by atoms with Crippen LogP contribution in [0.1, 0.15) is 16.7 Å². The summed E-state index contributed by atoms with van der Waals surface area (Å²) in [6.07, 6.45) is 0. The lowest BCUT2D eigenvalue weighted by atomic mass is 10.1. The minimum atomic E-state index is -0.292. The topological polar surface area (TPSA) is 67.4 Å². The number of ether oxygens (including phenoxy) is 1. The van der Waals surface area contributed by atoms with E-state index in [4.69, 9.17) is 4.74 Å². The third-order valence-electron chi connectivity index (χ3n) is 3.44. The van der Waals surface area contributed by atoms with E-state index in [0.29, 0.717) is 5.69 Å². The lowest BCUT2D eigenvalue weighted by Crippen LogP contribution is -2.24. The highest BCUT2D eigenvalue weighted by Crippen LogP contribution is 2.16. The highest BCUT2D eigenvalue weighted by Gasteiger charge is 2.08. The molecule has 0 aromatic heterocycles. The number of benzene rings is 2. The van der Waals surface area contributed by atoms with Gasteiger partial charge in [0.2, 0.25) is 11.8 Å². The van der Waals surface area contributed by atoms with Gasteiger partial charge in [0.15, 0.2) is 0 Å². The smallest absolute Gasteiger partial charge is 0.250 e. The Hall–Kier alpha value is -2.66. The maximum Gasteiger partial charge on any atom is 0.250 e. The molecule has 0 aliphatic heterocycles. The summed E-state index contributed by atoms with van der Waals surface area (Å²) in [7, 11) is 0. The molecule has 0 aliphatic rings. The van der Waals surface area contributed by atoms with Crippen molar-refractivity contribution in [2.75, 3.05) is 23.8 Å². The molecule has 2 amide bonds. The molecule has 2 rings (SSSR count). The largest absolute Gasteiger partial charge is 0.362 e. The van der Waals surface area contributed by atoms with E-state index in [1.165, 1.54) is 0 Å². The maximum atomic E-state index is 11.9. The molecule has 5 nitrogen and oxygen atoms in total. The van der Waals surface area contributed by atoms with Gasteiger partial charge in [-0.3, -0.25) is 9.59 Å². The zero-order chi connectivity index (χ0) is 17.5. The Kier molecular flexibility index (Phi) is 6.09. The second kappa shape index (κ2) is 8.26. The van der Waals surface area contributed by atoms with Crippen LogP contribution in [0.15, 0.2) is 42.5 Å². The van der Waals surface area contributed by atoms with E-state index in [1.54, 1.807) is 6.07 Å². The van der Waals surface area contributed by atoms with Crippen LogP contribution in [0, 0.1) is 20.8 Å². The lowest BCUT2D eigenvalue weighted by Gasteiger charge is -2.10. The standard InChI is InChI=1S/C19H22N2O3/c1-13-5-4-6-16(9-13)20-18(22)11-24-12-19(23)21-17-10-14(2)7-8-15(17)3/h4-10H,11-12H2,1-3H3,(H,20,22)(H,21,23). The van der Waals surface area contributed by atoms with Crippen LogP contribution in [0.5, 0.6) is 0 Å². The lowest BCUT2D eigenvalue weighted by molar-refractivity contribution is -0.125. The fraction of sp³-hybridized carbons (Fsp3) is 0.263. The minimum Gasteiger partial charge on any atom is -0.362 e. The highest BCUT2D eigenvalue weighted by atomic mass is 16.5. The van der Waals surface area contributed by atoms with Crippen LogP contribution >= 0.6 is 0 Å². The first-order valence-corrected chi connectivity index (χ1v) is 7.75. The van der Waals surface area contributed by atoms with Crippen molar-refractivity contribution in [1.82, 2.24) is 0 Å². The zero-order valence-corrected chi connectivity index (χ0v) is 14.2. The first-order valence-electron chi connectivity index (χ1n) is 7.75. The van der Waals surface area contributed by atoms with Gasteiger partial charge in [0.25, 0.3) is 0 Å². The molecule has 2 aromatic carbocycles. The van der Waals surface area contributed by atoms with Crippen LogP contribution in [-0.2, 0) is 14.3 Å². The second-order valence-corrected chi connectivity index (χ2v) is 5.78. The summed E-state index contributed by atoms with van der Waals surface area (Å²) in [5.74, 6) is -0.577. The molecule has 0 radical (unpaired) electrons. The Morgan fingerprint density at radius 3 is 2.25 bits per heavy atom. The molecule has 0 aliphatic carbocycles. The molecule has 0 unspecified atom stereocenters. The average molecular weight is 326 g/mol. The molecule has 0 atom stereocenters. The Bertz CT molecular complexity index is 741. The number of aryl methyl sites for hydroxylation is 3. The van der Waals surface area contributed by atoms with Crippen molar-refractivity contribution in [3.05, 3.63) is 59.2 Å². The van der Waals surface area contributed by atoms with E-state index >= 15 is 0 Å². The van der Waals surface area contributed by atoms with E-state index in [1.807, 2.05) is 57.2 Å². The first kappa shape index (κ1) is 17.7. The van der Waals surface area contributed by atoms with Gasteiger partial charge in [-0.2, -0.15) is 0 Å². The molecule has 0 saturated carbocycles. The summed E-state index contributed by atoms with van der Waals surface area (Å²) in [5, 5.41) is 5.51. The van der Waals surface area contributed by atoms with Crippen molar-refractivity contribution in [2.24, 2.45) is 0 Å². The van der Waals surface area contributed by atoms with Gasteiger partial charge in [0.1, 0.15) is 13.2 Å². The summed E-state index contributed by atoms with van der Waals surface area (Å²) in [6, 6.07) is 13.3. The zero-order valence-electron chi connectivity index (χ0n) is 14.2. The number of amides is 2. The van der Waals surface area contributed by atoms with Gasteiger partial charge in [0.05, 0.1) is 0 Å². The SMILES string of the molecule is Cc1cccc(NC(=O)COCC(=O)Nc2cc(C)ccc2C)c1. The summed E-state index contributed by atoms with van der Waals surface area (Å²) < 4.78 is 5.18. The molecule has 0 saturated heterocycles. The van der Waals surface area contributed by atoms with Gasteiger partial charge >= 0.3 is 0 Å². The van der Waals surface area contributed by atoms with Crippen molar-refractivity contribution in [2.45, 2.75) is 20.8 Å². The van der Waals surface area contributed by atoms with E-state index in [9.17, 15) is 9.59 Å². The Balaban J connectivity index is 1.76. The van der Waals surface area contributed by atoms with Crippen LogP contribution in [0.2, 0.25) is 0 Å². The predicted molar refractivity (Wildman–Crippen MR) is 95.2 cm³/mol. The van der Waals surface area contributed by atoms with Crippen LogP contribution in [0.4, 0.5) is 11.4 Å². The van der Waals surface area contributed by atoms with Gasteiger partial charge in [-0.25, -0.2) is 0 Å². The van der Waals surface area contributed by atoms with Gasteiger partial charge < -0.3 is 15.4 Å². The summed E-state index contributed by atoms with van der Waals surface area (Å²) in [6.45, 7) is 5.49. The molecule has 126 valence electrons. The Morgan fingerprint density at radius 1 is 0.875 bits per heavy atom. The third kappa shape index (κ3) is 5.52. The molecular weight excluding hydrogens is 304 g/mol. The van der Waals surface area contributed by atoms with Crippen LogP contribution in [0.25, 0.3) is 0 Å². The summed E-state index contributed by atoms with van der Waals surface area (Å²) >= 11 is 0. The number of carbonyl (C=O) groups is 2. The monoisotopic (exact) mass is 326 g/mol. The number of nitrogens with one attached hydrogen (secondary N) is 2. The van der Waals surface area contributed by atoms with E-state index in [0.717, 1.165) is 22.4 Å². The molecule has 0 bridgehead atoms. The molecule has 2 N–H and O–H groups in total. The van der Waals surface area contributed by atoms with Crippen LogP contribution < -0.4 is 10.6 Å². The van der Waals surface area contributed by atoms with Crippen molar-refractivity contribution in [3.63, 3.8) is 0 Å². The fourth-order valence-corrected chi connectivity index (χ4v) is 2.21. The van der Waals surface area contributed by atoms with Crippen molar-refractivity contribution < 1.29 is 14.3 Å².